The van der Waals surface area contributed by atoms with E-state index < -0.39 is 5.54 Å². The molecule has 2 aromatic heterocycles. The van der Waals surface area contributed by atoms with E-state index in [9.17, 15) is 9.59 Å². The predicted molar refractivity (Wildman–Crippen MR) is 159 cm³/mol. The Hall–Kier alpha value is -3.46. The highest BCUT2D eigenvalue weighted by atomic mass is 35.5. The molecule has 0 aliphatic heterocycles. The van der Waals surface area contributed by atoms with Crippen molar-refractivity contribution in [1.29, 1.82) is 0 Å². The molecule has 1 fully saturated rings. The zero-order chi connectivity index (χ0) is 28.3. The monoisotopic (exact) mass is 578 g/mol. The van der Waals surface area contributed by atoms with Crippen LogP contribution in [0.5, 0.6) is 0 Å². The lowest BCUT2D eigenvalue weighted by Gasteiger charge is -2.36. The van der Waals surface area contributed by atoms with Crippen LogP contribution in [0, 0.1) is 0 Å². The lowest BCUT2D eigenvalue weighted by molar-refractivity contribution is -0.128. The molecule has 5 rings (SSSR count). The fourth-order valence-electron chi connectivity index (χ4n) is 5.26. The zero-order valence-corrected chi connectivity index (χ0v) is 24.1. The van der Waals surface area contributed by atoms with Crippen molar-refractivity contribution in [2.24, 2.45) is 0 Å². The maximum Gasteiger partial charge on any atom is 0.257 e. The number of rotatable bonds is 8. The average molecular weight is 580 g/mol. The summed E-state index contributed by atoms with van der Waals surface area (Å²) in [4.78, 5) is 33.8. The van der Waals surface area contributed by atoms with E-state index in [1.807, 2.05) is 55.4 Å². The molecule has 0 bridgehead atoms. The molecular formula is C30H32Cl2N6O2. The van der Waals surface area contributed by atoms with Gasteiger partial charge in [0.25, 0.3) is 5.91 Å². The zero-order valence-electron chi connectivity index (χ0n) is 22.6. The Kier molecular flexibility index (Phi) is 8.40. The van der Waals surface area contributed by atoms with Gasteiger partial charge in [0.05, 0.1) is 11.9 Å². The number of aromatic nitrogens is 3. The van der Waals surface area contributed by atoms with Crippen LogP contribution >= 0.6 is 23.2 Å². The number of carbonyl (C=O) groups is 2. The number of halogens is 2. The van der Waals surface area contributed by atoms with Crippen molar-refractivity contribution in [3.63, 3.8) is 0 Å². The first-order valence-electron chi connectivity index (χ1n) is 13.4. The van der Waals surface area contributed by atoms with Gasteiger partial charge in [-0.2, -0.15) is 5.10 Å². The Morgan fingerprint density at radius 3 is 2.40 bits per heavy atom. The van der Waals surface area contributed by atoms with Crippen molar-refractivity contribution in [2.75, 3.05) is 27.2 Å². The molecule has 40 heavy (non-hydrogen) atoms. The third kappa shape index (κ3) is 5.70. The quantitative estimate of drug-likeness (QED) is 0.289. The van der Waals surface area contributed by atoms with Gasteiger partial charge < -0.3 is 15.5 Å². The van der Waals surface area contributed by atoms with Gasteiger partial charge in [-0.1, -0.05) is 72.8 Å². The molecule has 208 valence electrons. The molecule has 0 atom stereocenters. The topological polar surface area (TPSA) is 91.6 Å². The van der Waals surface area contributed by atoms with Gasteiger partial charge in [0.15, 0.2) is 5.65 Å². The van der Waals surface area contributed by atoms with Crippen molar-refractivity contribution in [3.8, 4) is 22.4 Å². The maximum atomic E-state index is 13.7. The average Bonchev–Trinajstić information content (AvgIpc) is 3.38. The van der Waals surface area contributed by atoms with Gasteiger partial charge >= 0.3 is 0 Å². The number of nitrogens with one attached hydrogen (secondary N) is 2. The molecule has 0 unspecified atom stereocenters. The normalized spacial score (nSPS) is 14.8. The summed E-state index contributed by atoms with van der Waals surface area (Å²) in [6, 6.07) is 14.9. The number of hydrogen-bond donors (Lipinski definition) is 2. The molecule has 1 aliphatic rings. The molecule has 8 nitrogen and oxygen atoms in total. The van der Waals surface area contributed by atoms with Crippen LogP contribution in [0.25, 0.3) is 28.0 Å². The van der Waals surface area contributed by atoms with E-state index in [0.717, 1.165) is 48.2 Å². The second kappa shape index (κ2) is 12.0. The SMILES string of the molecule is CN(C)CCNC(=O)C1(NC(=O)c2cnn3c(-c4ccc(Cl)cc4)c(-c4ccccc4Cl)cnc23)CCCCC1. The summed E-state index contributed by atoms with van der Waals surface area (Å²) >= 11 is 12.8. The highest BCUT2D eigenvalue weighted by Crippen LogP contribution is 2.37. The first kappa shape index (κ1) is 28.1. The van der Waals surface area contributed by atoms with E-state index in [2.05, 4.69) is 20.7 Å². The van der Waals surface area contributed by atoms with E-state index in [1.165, 1.54) is 6.20 Å². The highest BCUT2D eigenvalue weighted by Gasteiger charge is 2.41. The number of amides is 2. The molecular weight excluding hydrogens is 547 g/mol. The number of fused-ring (bicyclic) bond motifs is 1. The molecule has 2 N–H and O–H groups in total. The summed E-state index contributed by atoms with van der Waals surface area (Å²) in [5.74, 6) is -0.519. The van der Waals surface area contributed by atoms with Gasteiger partial charge in [-0.25, -0.2) is 9.50 Å². The lowest BCUT2D eigenvalue weighted by atomic mass is 9.80. The van der Waals surface area contributed by atoms with Gasteiger partial charge in [0.2, 0.25) is 5.91 Å². The summed E-state index contributed by atoms with van der Waals surface area (Å²) in [6.07, 6.45) is 7.18. The van der Waals surface area contributed by atoms with Crippen molar-refractivity contribution < 1.29 is 9.59 Å². The first-order chi connectivity index (χ1) is 19.3. The smallest absolute Gasteiger partial charge is 0.257 e. The van der Waals surface area contributed by atoms with E-state index >= 15 is 0 Å². The van der Waals surface area contributed by atoms with Gasteiger partial charge in [0.1, 0.15) is 11.1 Å². The van der Waals surface area contributed by atoms with Gasteiger partial charge in [-0.15, -0.1) is 0 Å². The Morgan fingerprint density at radius 1 is 0.975 bits per heavy atom. The minimum Gasteiger partial charge on any atom is -0.353 e. The third-order valence-electron chi connectivity index (χ3n) is 7.39. The molecule has 2 heterocycles. The van der Waals surface area contributed by atoms with E-state index in [0.29, 0.717) is 40.6 Å². The molecule has 0 radical (unpaired) electrons. The first-order valence-corrected chi connectivity index (χ1v) is 14.2. The summed E-state index contributed by atoms with van der Waals surface area (Å²) in [5, 5.41) is 11.9. The minimum atomic E-state index is -0.966. The largest absolute Gasteiger partial charge is 0.353 e. The molecule has 10 heteroatoms. The fraction of sp³-hybridized carbons (Fsp3) is 0.333. The van der Waals surface area contributed by atoms with Crippen molar-refractivity contribution >= 4 is 40.7 Å². The van der Waals surface area contributed by atoms with Crippen LogP contribution in [-0.2, 0) is 4.79 Å². The van der Waals surface area contributed by atoms with Crippen molar-refractivity contribution in [2.45, 2.75) is 37.6 Å². The number of carbonyl (C=O) groups excluding carboxylic acids is 2. The summed E-state index contributed by atoms with van der Waals surface area (Å²) in [5.41, 5.74) is 2.84. The van der Waals surface area contributed by atoms with Crippen molar-refractivity contribution in [3.05, 3.63) is 76.5 Å². The number of likely N-dealkylation sites (N-methyl/N-ethyl adjacent to an activating group) is 1. The van der Waals surface area contributed by atoms with Crippen LogP contribution in [-0.4, -0.2) is 64.0 Å². The third-order valence-corrected chi connectivity index (χ3v) is 7.97. The van der Waals surface area contributed by atoms with Crippen LogP contribution in [0.15, 0.2) is 60.9 Å². The number of benzene rings is 2. The minimum absolute atomic E-state index is 0.144. The Balaban J connectivity index is 1.54. The summed E-state index contributed by atoms with van der Waals surface area (Å²) < 4.78 is 1.65. The molecule has 0 saturated heterocycles. The van der Waals surface area contributed by atoms with Crippen LogP contribution < -0.4 is 10.6 Å². The maximum absolute atomic E-state index is 13.7. The summed E-state index contributed by atoms with van der Waals surface area (Å²) in [6.45, 7) is 1.23. The fourth-order valence-corrected chi connectivity index (χ4v) is 5.63. The second-order valence-corrected chi connectivity index (χ2v) is 11.3. The molecule has 4 aromatic rings. The molecule has 1 aliphatic carbocycles. The Morgan fingerprint density at radius 2 is 1.70 bits per heavy atom. The van der Waals surface area contributed by atoms with E-state index in [-0.39, 0.29) is 11.8 Å². The van der Waals surface area contributed by atoms with Gasteiger partial charge in [0, 0.05) is 46.0 Å². The van der Waals surface area contributed by atoms with Crippen LogP contribution in [0.2, 0.25) is 10.0 Å². The van der Waals surface area contributed by atoms with E-state index in [4.69, 9.17) is 23.2 Å². The van der Waals surface area contributed by atoms with Gasteiger partial charge in [-0.05, 0) is 45.1 Å². The predicted octanol–water partition coefficient (Wildman–Crippen LogP) is 5.48. The lowest BCUT2D eigenvalue weighted by Crippen LogP contribution is -2.60. The Bertz CT molecular complexity index is 1530. The Labute approximate surface area is 243 Å². The molecule has 2 amide bonds. The van der Waals surface area contributed by atoms with Crippen LogP contribution in [0.4, 0.5) is 0 Å². The van der Waals surface area contributed by atoms with Gasteiger partial charge in [-0.3, -0.25) is 9.59 Å². The molecule has 2 aromatic carbocycles. The highest BCUT2D eigenvalue weighted by molar-refractivity contribution is 6.33. The molecule has 1 saturated carbocycles. The summed E-state index contributed by atoms with van der Waals surface area (Å²) in [7, 11) is 3.91. The van der Waals surface area contributed by atoms with Crippen LogP contribution in [0.3, 0.4) is 0 Å². The van der Waals surface area contributed by atoms with Crippen LogP contribution in [0.1, 0.15) is 42.5 Å². The second-order valence-electron chi connectivity index (χ2n) is 10.5. The molecule has 0 spiro atoms. The number of hydrogen-bond acceptors (Lipinski definition) is 5. The van der Waals surface area contributed by atoms with E-state index in [1.54, 1.807) is 22.8 Å². The number of nitrogens with zero attached hydrogens (tertiary/aromatic N) is 4. The standard InChI is InChI=1S/C30H32Cl2N6O2/c1-37(2)17-16-33-29(40)30(14-6-3-7-15-30)36-28(39)24-19-35-38-26(20-10-12-21(31)13-11-20)23(18-34-27(24)38)22-8-4-5-9-25(22)32/h4-5,8-13,18-19H,3,6-7,14-17H2,1-2H3,(H,33,40)(H,36,39). The van der Waals surface area contributed by atoms with Crippen molar-refractivity contribution in [1.82, 2.24) is 30.1 Å².